The number of rotatable bonds is 8. The van der Waals surface area contributed by atoms with E-state index in [-0.39, 0.29) is 11.1 Å². The molecule has 0 saturated carbocycles. The summed E-state index contributed by atoms with van der Waals surface area (Å²) in [6, 6.07) is 21.0. The van der Waals surface area contributed by atoms with Gasteiger partial charge in [0.1, 0.15) is 5.60 Å². The van der Waals surface area contributed by atoms with E-state index in [2.05, 4.69) is 81.2 Å². The Kier molecular flexibility index (Phi) is 8.26. The number of nitrogens with one attached hydrogen (secondary N) is 1. The lowest BCUT2D eigenvalue weighted by atomic mass is 10.2. The molecule has 0 spiro atoms. The van der Waals surface area contributed by atoms with Crippen LogP contribution < -0.4 is 15.7 Å². The van der Waals surface area contributed by atoms with Crippen molar-refractivity contribution in [1.29, 1.82) is 0 Å². The van der Waals surface area contributed by atoms with Gasteiger partial charge in [-0.3, -0.25) is 0 Å². The maximum absolute atomic E-state index is 12.3. The summed E-state index contributed by atoms with van der Waals surface area (Å²) in [5.74, 6) is 0. The highest BCUT2D eigenvalue weighted by atomic mass is 28.4. The Labute approximate surface area is 188 Å². The molecule has 0 radical (unpaired) electrons. The number of benzene rings is 2. The lowest BCUT2D eigenvalue weighted by Gasteiger charge is -2.45. The lowest BCUT2D eigenvalue weighted by Crippen LogP contribution is -2.68. The number of ether oxygens (including phenoxy) is 1. The maximum Gasteiger partial charge on any atom is 0.407 e. The van der Waals surface area contributed by atoms with Crippen molar-refractivity contribution in [2.45, 2.75) is 64.7 Å². The van der Waals surface area contributed by atoms with E-state index >= 15 is 0 Å². The summed E-state index contributed by atoms with van der Waals surface area (Å²) in [4.78, 5) is 12.3. The van der Waals surface area contributed by atoms with Gasteiger partial charge < -0.3 is 14.5 Å². The molecule has 2 aromatic carbocycles. The van der Waals surface area contributed by atoms with Crippen molar-refractivity contribution in [2.75, 3.05) is 6.54 Å². The highest BCUT2D eigenvalue weighted by Crippen LogP contribution is 2.37. The van der Waals surface area contributed by atoms with Crippen LogP contribution in [-0.4, -0.2) is 32.7 Å². The largest absolute Gasteiger partial charge is 0.444 e. The van der Waals surface area contributed by atoms with Crippen molar-refractivity contribution < 1.29 is 14.0 Å². The van der Waals surface area contributed by atoms with Crippen LogP contribution in [0.25, 0.3) is 0 Å². The molecule has 0 aliphatic carbocycles. The van der Waals surface area contributed by atoms with Gasteiger partial charge in [0.05, 0.1) is 6.10 Å². The molecule has 0 bridgehead atoms. The van der Waals surface area contributed by atoms with Crippen molar-refractivity contribution in [3.05, 3.63) is 73.3 Å². The predicted molar refractivity (Wildman–Crippen MR) is 132 cm³/mol. The van der Waals surface area contributed by atoms with Gasteiger partial charge in [0.15, 0.2) is 0 Å². The Bertz CT molecular complexity index is 799. The smallest absolute Gasteiger partial charge is 0.407 e. The third-order valence-electron chi connectivity index (χ3n) is 5.06. The number of hydrogen-bond acceptors (Lipinski definition) is 3. The van der Waals surface area contributed by atoms with Gasteiger partial charge in [0, 0.05) is 6.54 Å². The molecule has 2 rings (SSSR count). The molecule has 1 atom stereocenters. The molecule has 4 nitrogen and oxygen atoms in total. The van der Waals surface area contributed by atoms with Gasteiger partial charge in [-0.2, -0.15) is 0 Å². The number of carbonyl (C=O) groups excluding carboxylic acids is 1. The second kappa shape index (κ2) is 10.3. The number of hydrogen-bond donors (Lipinski definition) is 1. The average molecular weight is 440 g/mol. The Hall–Kier alpha value is -2.37. The fourth-order valence-corrected chi connectivity index (χ4v) is 8.51. The van der Waals surface area contributed by atoms with Gasteiger partial charge >= 0.3 is 6.09 Å². The molecule has 1 N–H and O–H groups in total. The van der Waals surface area contributed by atoms with Crippen LogP contribution in [0.4, 0.5) is 4.79 Å². The second-order valence-corrected chi connectivity index (χ2v) is 14.1. The average Bonchev–Trinajstić information content (AvgIpc) is 2.69. The molecule has 0 aliphatic heterocycles. The fraction of sp³-hybridized carbons (Fsp3) is 0.423. The molecule has 31 heavy (non-hydrogen) atoms. The lowest BCUT2D eigenvalue weighted by molar-refractivity contribution is 0.0498. The van der Waals surface area contributed by atoms with Crippen molar-refractivity contribution in [3.63, 3.8) is 0 Å². The second-order valence-electron chi connectivity index (χ2n) is 9.81. The van der Waals surface area contributed by atoms with Gasteiger partial charge in [-0.1, -0.05) is 87.5 Å². The molecular formula is C26H37NO3Si. The quantitative estimate of drug-likeness (QED) is 0.463. The molecule has 5 heteroatoms. The molecule has 2 aromatic rings. The standard InChI is InChI=1S/C26H37NO3Si/c1-8-15-21(20-27-24(28)29-25(2,3)4)30-31(26(5,6)7,22-16-11-9-12-17-22)23-18-13-10-14-19-23/h8-14,16-19,21H,1,15,20H2,2-7H3,(H,27,28). The molecular weight excluding hydrogens is 402 g/mol. The highest BCUT2D eigenvalue weighted by Gasteiger charge is 2.51. The molecule has 0 aromatic heterocycles. The van der Waals surface area contributed by atoms with Gasteiger partial charge in [-0.15, -0.1) is 6.58 Å². The SMILES string of the molecule is C=CCC(CNC(=O)OC(C)(C)C)O[Si](c1ccccc1)(c1ccccc1)C(C)(C)C. The number of amides is 1. The summed E-state index contributed by atoms with van der Waals surface area (Å²) in [5.41, 5.74) is -0.545. The van der Waals surface area contributed by atoms with Gasteiger partial charge in [-0.25, -0.2) is 4.79 Å². The number of carbonyl (C=O) groups is 1. The Balaban J connectivity index is 2.45. The monoisotopic (exact) mass is 439 g/mol. The minimum atomic E-state index is -2.71. The first-order valence-electron chi connectivity index (χ1n) is 10.9. The maximum atomic E-state index is 12.3. The normalized spacial score (nSPS) is 13.4. The van der Waals surface area contributed by atoms with E-state index < -0.39 is 20.0 Å². The summed E-state index contributed by atoms with van der Waals surface area (Å²) in [7, 11) is -2.71. The van der Waals surface area contributed by atoms with Crippen LogP contribution in [0.2, 0.25) is 5.04 Å². The van der Waals surface area contributed by atoms with E-state index in [0.717, 1.165) is 0 Å². The van der Waals surface area contributed by atoms with E-state index in [9.17, 15) is 4.79 Å². The van der Waals surface area contributed by atoms with Crippen LogP contribution in [0.1, 0.15) is 48.0 Å². The van der Waals surface area contributed by atoms with Gasteiger partial charge in [-0.05, 0) is 42.6 Å². The Morgan fingerprint density at radius 1 is 0.968 bits per heavy atom. The number of alkyl carbamates (subject to hydrolysis) is 1. The van der Waals surface area contributed by atoms with Gasteiger partial charge in [0.25, 0.3) is 8.32 Å². The first-order chi connectivity index (χ1) is 14.5. The zero-order valence-corrected chi connectivity index (χ0v) is 20.8. The molecule has 0 heterocycles. The zero-order chi connectivity index (χ0) is 23.1. The molecule has 0 saturated heterocycles. The molecule has 0 aliphatic rings. The van der Waals surface area contributed by atoms with E-state index in [0.29, 0.717) is 13.0 Å². The molecule has 1 amide bonds. The van der Waals surface area contributed by atoms with Crippen molar-refractivity contribution in [2.24, 2.45) is 0 Å². The van der Waals surface area contributed by atoms with Crippen LogP contribution in [0, 0.1) is 0 Å². The minimum absolute atomic E-state index is 0.138. The van der Waals surface area contributed by atoms with Crippen LogP contribution in [0.3, 0.4) is 0 Å². The molecule has 0 fully saturated rings. The predicted octanol–water partition coefficient (Wildman–Crippen LogP) is 5.03. The van der Waals surface area contributed by atoms with Crippen LogP contribution in [0.15, 0.2) is 73.3 Å². The topological polar surface area (TPSA) is 47.6 Å². The summed E-state index contributed by atoms with van der Waals surface area (Å²) < 4.78 is 12.5. The summed E-state index contributed by atoms with van der Waals surface area (Å²) in [5, 5.41) is 5.17. The van der Waals surface area contributed by atoms with Crippen LogP contribution >= 0.6 is 0 Å². The van der Waals surface area contributed by atoms with Crippen molar-refractivity contribution in [3.8, 4) is 0 Å². The van der Waals surface area contributed by atoms with Crippen molar-refractivity contribution in [1.82, 2.24) is 5.32 Å². The summed E-state index contributed by atoms with van der Waals surface area (Å²) in [6.45, 7) is 16.6. The first kappa shape index (κ1) is 24.9. The molecule has 168 valence electrons. The zero-order valence-electron chi connectivity index (χ0n) is 19.8. The summed E-state index contributed by atoms with van der Waals surface area (Å²) in [6.07, 6.45) is 1.81. The van der Waals surface area contributed by atoms with Crippen LogP contribution in [-0.2, 0) is 9.16 Å². The first-order valence-corrected chi connectivity index (χ1v) is 12.8. The van der Waals surface area contributed by atoms with E-state index in [1.807, 2.05) is 39.0 Å². The fourth-order valence-electron chi connectivity index (χ4n) is 3.81. The third-order valence-corrected chi connectivity index (χ3v) is 10.2. The molecule has 1 unspecified atom stereocenters. The van der Waals surface area contributed by atoms with Crippen LogP contribution in [0.5, 0.6) is 0 Å². The van der Waals surface area contributed by atoms with E-state index in [4.69, 9.17) is 9.16 Å². The third kappa shape index (κ3) is 6.55. The minimum Gasteiger partial charge on any atom is -0.444 e. The summed E-state index contributed by atoms with van der Waals surface area (Å²) >= 11 is 0. The highest BCUT2D eigenvalue weighted by molar-refractivity contribution is 6.99. The van der Waals surface area contributed by atoms with E-state index in [1.54, 1.807) is 0 Å². The Morgan fingerprint density at radius 2 is 1.45 bits per heavy atom. The van der Waals surface area contributed by atoms with E-state index in [1.165, 1.54) is 10.4 Å². The van der Waals surface area contributed by atoms with Gasteiger partial charge in [0.2, 0.25) is 0 Å². The van der Waals surface area contributed by atoms with Crippen molar-refractivity contribution >= 4 is 24.8 Å². The Morgan fingerprint density at radius 3 is 1.84 bits per heavy atom.